The Balaban J connectivity index is 2.28. The Morgan fingerprint density at radius 3 is 2.80 bits per heavy atom. The number of benzene rings is 1. The molecule has 1 aromatic carbocycles. The smallest absolute Gasteiger partial charge is 0.337 e. The van der Waals surface area contributed by atoms with Crippen LogP contribution in [-0.2, 0) is 0 Å². The minimum Gasteiger partial charge on any atom is -0.478 e. The van der Waals surface area contributed by atoms with Crippen molar-refractivity contribution in [3.8, 4) is 0 Å². The monoisotopic (exact) mass is 271 g/mol. The van der Waals surface area contributed by atoms with Crippen LogP contribution in [0.3, 0.4) is 0 Å². The highest BCUT2D eigenvalue weighted by Crippen LogP contribution is 2.25. The molecule has 0 saturated carbocycles. The lowest BCUT2D eigenvalue weighted by Gasteiger charge is -2.17. The van der Waals surface area contributed by atoms with E-state index in [2.05, 4.69) is 10.3 Å². The van der Waals surface area contributed by atoms with Crippen LogP contribution in [0, 0.1) is 6.92 Å². The second-order valence-corrected chi connectivity index (χ2v) is 4.71. The Morgan fingerprint density at radius 1 is 1.45 bits per heavy atom. The van der Waals surface area contributed by atoms with Crippen molar-refractivity contribution in [2.24, 2.45) is 0 Å². The Bertz CT molecular complexity index is 627. The van der Waals surface area contributed by atoms with Crippen LogP contribution >= 0.6 is 0 Å². The molecule has 5 nitrogen and oxygen atoms in total. The molecule has 0 spiro atoms. The third-order valence-corrected chi connectivity index (χ3v) is 3.18. The van der Waals surface area contributed by atoms with E-state index in [9.17, 15) is 4.79 Å². The van der Waals surface area contributed by atoms with Crippen molar-refractivity contribution < 1.29 is 9.90 Å². The van der Waals surface area contributed by atoms with Crippen LogP contribution in [0.5, 0.6) is 0 Å². The zero-order chi connectivity index (χ0) is 14.7. The summed E-state index contributed by atoms with van der Waals surface area (Å²) in [5, 5.41) is 12.4. The molecule has 4 N–H and O–H groups in total. The number of aromatic carboxylic acids is 1. The summed E-state index contributed by atoms with van der Waals surface area (Å²) in [7, 11) is 0. The maximum absolute atomic E-state index is 11.2. The predicted molar refractivity (Wildman–Crippen MR) is 78.8 cm³/mol. The van der Waals surface area contributed by atoms with E-state index in [1.165, 1.54) is 0 Å². The fourth-order valence-electron chi connectivity index (χ4n) is 2.02. The molecule has 0 aliphatic rings. The number of nitrogens with one attached hydrogen (secondary N) is 1. The van der Waals surface area contributed by atoms with Crippen LogP contribution in [0.25, 0.3) is 0 Å². The molecule has 0 bridgehead atoms. The molecule has 1 aromatic heterocycles. The van der Waals surface area contributed by atoms with Gasteiger partial charge in [0.2, 0.25) is 0 Å². The first kappa shape index (κ1) is 13.9. The minimum atomic E-state index is -1.02. The van der Waals surface area contributed by atoms with Gasteiger partial charge in [-0.2, -0.15) is 0 Å². The fourth-order valence-corrected chi connectivity index (χ4v) is 2.02. The number of carboxylic acids is 1. The minimum absolute atomic E-state index is 0.0216. The summed E-state index contributed by atoms with van der Waals surface area (Å²) >= 11 is 0. The van der Waals surface area contributed by atoms with Gasteiger partial charge in [-0.05, 0) is 43.2 Å². The average molecular weight is 271 g/mol. The largest absolute Gasteiger partial charge is 0.478 e. The number of nitrogen functional groups attached to an aromatic ring is 1. The van der Waals surface area contributed by atoms with E-state index in [1.54, 1.807) is 25.4 Å². The molecule has 0 amide bonds. The first-order valence-electron chi connectivity index (χ1n) is 6.29. The lowest BCUT2D eigenvalue weighted by molar-refractivity contribution is 0.0698. The molecule has 2 rings (SSSR count). The molecule has 0 aliphatic heterocycles. The van der Waals surface area contributed by atoms with Crippen molar-refractivity contribution >= 4 is 17.3 Å². The Kier molecular flexibility index (Phi) is 3.89. The van der Waals surface area contributed by atoms with Crippen LogP contribution in [0.15, 0.2) is 36.7 Å². The van der Waals surface area contributed by atoms with Crippen molar-refractivity contribution in [3.63, 3.8) is 0 Å². The van der Waals surface area contributed by atoms with Gasteiger partial charge in [0.25, 0.3) is 0 Å². The first-order chi connectivity index (χ1) is 9.49. The number of nitrogens with zero attached hydrogens (tertiary/aromatic N) is 1. The maximum atomic E-state index is 11.2. The van der Waals surface area contributed by atoms with Crippen molar-refractivity contribution in [3.05, 3.63) is 53.3 Å². The molecule has 104 valence electrons. The number of aryl methyl sites for hydroxylation is 1. The number of carboxylic acid groups (broad SMARTS) is 1. The van der Waals surface area contributed by atoms with Crippen LogP contribution in [0.4, 0.5) is 11.4 Å². The molecule has 1 unspecified atom stereocenters. The summed E-state index contributed by atoms with van der Waals surface area (Å²) in [5.41, 5.74) is 8.69. The highest BCUT2D eigenvalue weighted by Gasteiger charge is 2.13. The lowest BCUT2D eigenvalue weighted by atomic mass is 10.1. The molecule has 1 heterocycles. The lowest BCUT2D eigenvalue weighted by Crippen LogP contribution is -2.10. The van der Waals surface area contributed by atoms with E-state index < -0.39 is 5.97 Å². The number of pyridine rings is 1. The molecule has 2 aromatic rings. The van der Waals surface area contributed by atoms with E-state index in [0.29, 0.717) is 5.69 Å². The summed E-state index contributed by atoms with van der Waals surface area (Å²) in [6.45, 7) is 3.78. The summed E-state index contributed by atoms with van der Waals surface area (Å²) in [6, 6.07) is 7.25. The molecule has 20 heavy (non-hydrogen) atoms. The number of rotatable bonds is 4. The van der Waals surface area contributed by atoms with Crippen molar-refractivity contribution in [2.75, 3.05) is 11.1 Å². The van der Waals surface area contributed by atoms with E-state index in [0.717, 1.165) is 16.8 Å². The topological polar surface area (TPSA) is 88.2 Å². The number of hydrogen-bond acceptors (Lipinski definition) is 4. The maximum Gasteiger partial charge on any atom is 0.337 e. The third kappa shape index (κ3) is 2.88. The first-order valence-corrected chi connectivity index (χ1v) is 6.29. The van der Waals surface area contributed by atoms with Crippen LogP contribution in [-0.4, -0.2) is 16.1 Å². The molecule has 5 heteroatoms. The van der Waals surface area contributed by atoms with Gasteiger partial charge >= 0.3 is 5.97 Å². The van der Waals surface area contributed by atoms with Gasteiger partial charge in [0.1, 0.15) is 0 Å². The third-order valence-electron chi connectivity index (χ3n) is 3.18. The van der Waals surface area contributed by atoms with E-state index in [1.807, 2.05) is 25.1 Å². The summed E-state index contributed by atoms with van der Waals surface area (Å²) in [4.78, 5) is 15.2. The van der Waals surface area contributed by atoms with Gasteiger partial charge < -0.3 is 16.2 Å². The van der Waals surface area contributed by atoms with E-state index >= 15 is 0 Å². The van der Waals surface area contributed by atoms with Crippen molar-refractivity contribution in [1.29, 1.82) is 0 Å². The van der Waals surface area contributed by atoms with Crippen LogP contribution in [0.2, 0.25) is 0 Å². The Hall–Kier alpha value is -2.56. The van der Waals surface area contributed by atoms with Gasteiger partial charge in [-0.1, -0.05) is 6.07 Å². The highest BCUT2D eigenvalue weighted by atomic mass is 16.4. The molecule has 0 fully saturated rings. The van der Waals surface area contributed by atoms with Crippen molar-refractivity contribution in [2.45, 2.75) is 19.9 Å². The average Bonchev–Trinajstić information content (AvgIpc) is 2.43. The predicted octanol–water partition coefficient (Wildman–Crippen LogP) is 2.84. The highest BCUT2D eigenvalue weighted by molar-refractivity contribution is 5.95. The normalized spacial score (nSPS) is 11.9. The summed E-state index contributed by atoms with van der Waals surface area (Å²) in [6.07, 6.45) is 3.49. The zero-order valence-corrected chi connectivity index (χ0v) is 11.4. The second kappa shape index (κ2) is 5.61. The van der Waals surface area contributed by atoms with Gasteiger partial charge in [-0.3, -0.25) is 4.98 Å². The van der Waals surface area contributed by atoms with Gasteiger partial charge in [0.15, 0.2) is 0 Å². The van der Waals surface area contributed by atoms with Gasteiger partial charge in [0, 0.05) is 23.8 Å². The zero-order valence-electron chi connectivity index (χ0n) is 11.4. The molecule has 0 saturated heterocycles. The van der Waals surface area contributed by atoms with Crippen LogP contribution < -0.4 is 11.1 Å². The van der Waals surface area contributed by atoms with Gasteiger partial charge in [0.05, 0.1) is 11.6 Å². The molecular weight excluding hydrogens is 254 g/mol. The van der Waals surface area contributed by atoms with Gasteiger partial charge in [-0.15, -0.1) is 0 Å². The number of hydrogen-bond donors (Lipinski definition) is 3. The molecule has 0 radical (unpaired) electrons. The van der Waals surface area contributed by atoms with Gasteiger partial charge in [-0.25, -0.2) is 4.79 Å². The molecule has 0 aliphatic carbocycles. The number of anilines is 2. The van der Waals surface area contributed by atoms with Crippen LogP contribution in [0.1, 0.15) is 34.5 Å². The quantitative estimate of drug-likeness (QED) is 0.744. The second-order valence-electron chi connectivity index (χ2n) is 4.71. The molecular formula is C15H17N3O2. The van der Waals surface area contributed by atoms with Crippen molar-refractivity contribution in [1.82, 2.24) is 4.98 Å². The summed E-state index contributed by atoms with van der Waals surface area (Å²) in [5.74, 6) is -1.02. The SMILES string of the molecule is Cc1cc(NC(C)c2cccnc2)cc(C(=O)O)c1N. The standard InChI is InChI=1S/C15H17N3O2/c1-9-6-12(7-13(14(9)16)15(19)20)18-10(2)11-4-3-5-17-8-11/h3-8,10,18H,16H2,1-2H3,(H,19,20). The fraction of sp³-hybridized carbons (Fsp3) is 0.200. The Labute approximate surface area is 117 Å². The van der Waals surface area contributed by atoms with E-state index in [4.69, 9.17) is 10.8 Å². The Morgan fingerprint density at radius 2 is 2.20 bits per heavy atom. The number of carbonyl (C=O) groups is 1. The van der Waals surface area contributed by atoms with E-state index in [-0.39, 0.29) is 11.6 Å². The number of nitrogens with two attached hydrogens (primary N) is 1. The summed E-state index contributed by atoms with van der Waals surface area (Å²) < 4.78 is 0. The molecule has 1 atom stereocenters. The number of aromatic nitrogens is 1.